The van der Waals surface area contributed by atoms with Gasteiger partial charge in [-0.1, -0.05) is 0 Å². The van der Waals surface area contributed by atoms with Crippen molar-refractivity contribution in [3.05, 3.63) is 18.1 Å². The highest BCUT2D eigenvalue weighted by Gasteiger charge is 2.16. The lowest BCUT2D eigenvalue weighted by Gasteiger charge is -2.08. The number of aromatic nitrogens is 2. The number of nitrogens with zero attached hydrogens (tertiary/aromatic N) is 2. The van der Waals surface area contributed by atoms with E-state index in [1.165, 1.54) is 13.3 Å². The third-order valence-electron chi connectivity index (χ3n) is 2.45. The van der Waals surface area contributed by atoms with Crippen molar-refractivity contribution in [3.63, 3.8) is 0 Å². The van der Waals surface area contributed by atoms with Crippen LogP contribution in [0.4, 0.5) is 0 Å². The molecule has 1 aromatic heterocycles. The SMILES string of the molecule is COC(=O)c1cncc(SCC2CCCO2)n1. The summed E-state index contributed by atoms with van der Waals surface area (Å²) in [6.45, 7) is 0.846. The predicted octanol–water partition coefficient (Wildman–Crippen LogP) is 1.53. The molecule has 1 aromatic rings. The molecule has 17 heavy (non-hydrogen) atoms. The molecule has 2 heterocycles. The topological polar surface area (TPSA) is 61.3 Å². The van der Waals surface area contributed by atoms with Crippen LogP contribution >= 0.6 is 11.8 Å². The van der Waals surface area contributed by atoms with E-state index in [9.17, 15) is 4.79 Å². The molecule has 92 valence electrons. The predicted molar refractivity (Wildman–Crippen MR) is 63.1 cm³/mol. The number of hydrogen-bond acceptors (Lipinski definition) is 6. The highest BCUT2D eigenvalue weighted by atomic mass is 32.2. The van der Waals surface area contributed by atoms with Gasteiger partial charge < -0.3 is 9.47 Å². The Morgan fingerprint density at radius 3 is 3.24 bits per heavy atom. The summed E-state index contributed by atoms with van der Waals surface area (Å²) in [5.74, 6) is 0.385. The van der Waals surface area contributed by atoms with E-state index >= 15 is 0 Å². The third-order valence-corrected chi connectivity index (χ3v) is 3.48. The second kappa shape index (κ2) is 5.97. The lowest BCUT2D eigenvalue weighted by Crippen LogP contribution is -2.09. The average molecular weight is 254 g/mol. The van der Waals surface area contributed by atoms with Crippen LogP contribution in [-0.2, 0) is 9.47 Å². The number of thioether (sulfide) groups is 1. The van der Waals surface area contributed by atoms with E-state index in [4.69, 9.17) is 4.74 Å². The monoisotopic (exact) mass is 254 g/mol. The number of ether oxygens (including phenoxy) is 2. The highest BCUT2D eigenvalue weighted by molar-refractivity contribution is 7.99. The van der Waals surface area contributed by atoms with E-state index in [1.54, 1.807) is 18.0 Å². The van der Waals surface area contributed by atoms with Crippen molar-refractivity contribution in [1.82, 2.24) is 9.97 Å². The Bertz CT molecular complexity index is 394. The first-order chi connectivity index (χ1) is 8.29. The zero-order chi connectivity index (χ0) is 12.1. The second-order valence-corrected chi connectivity index (χ2v) is 4.72. The Morgan fingerprint density at radius 1 is 1.65 bits per heavy atom. The fourth-order valence-electron chi connectivity index (χ4n) is 1.57. The normalized spacial score (nSPS) is 19.2. The first kappa shape index (κ1) is 12.3. The average Bonchev–Trinajstić information content (AvgIpc) is 2.89. The quantitative estimate of drug-likeness (QED) is 0.600. The zero-order valence-corrected chi connectivity index (χ0v) is 10.4. The number of hydrogen-bond donors (Lipinski definition) is 0. The van der Waals surface area contributed by atoms with Crippen molar-refractivity contribution in [2.45, 2.75) is 24.0 Å². The van der Waals surface area contributed by atoms with Crippen LogP contribution in [0.5, 0.6) is 0 Å². The van der Waals surface area contributed by atoms with Crippen LogP contribution in [0, 0.1) is 0 Å². The summed E-state index contributed by atoms with van der Waals surface area (Å²) < 4.78 is 10.1. The molecule has 1 fully saturated rings. The van der Waals surface area contributed by atoms with Gasteiger partial charge in [0.2, 0.25) is 0 Å². The maximum Gasteiger partial charge on any atom is 0.358 e. The maximum absolute atomic E-state index is 11.3. The summed E-state index contributed by atoms with van der Waals surface area (Å²) in [6.07, 6.45) is 5.56. The summed E-state index contributed by atoms with van der Waals surface area (Å²) in [5.41, 5.74) is 0.241. The molecule has 1 aliphatic heterocycles. The van der Waals surface area contributed by atoms with Gasteiger partial charge in [0.05, 0.1) is 25.6 Å². The van der Waals surface area contributed by atoms with Gasteiger partial charge in [0.1, 0.15) is 5.03 Å². The second-order valence-electron chi connectivity index (χ2n) is 3.68. The zero-order valence-electron chi connectivity index (χ0n) is 9.59. The number of carbonyl (C=O) groups excluding carboxylic acids is 1. The van der Waals surface area contributed by atoms with E-state index in [0.717, 1.165) is 30.2 Å². The summed E-state index contributed by atoms with van der Waals surface area (Å²) in [6, 6.07) is 0. The lowest BCUT2D eigenvalue weighted by molar-refractivity contribution is 0.0592. The van der Waals surface area contributed by atoms with Gasteiger partial charge >= 0.3 is 5.97 Å². The van der Waals surface area contributed by atoms with Crippen LogP contribution in [0.25, 0.3) is 0 Å². The van der Waals surface area contributed by atoms with Crippen LogP contribution in [0.15, 0.2) is 17.4 Å². The Kier molecular flexibility index (Phi) is 4.33. The Morgan fingerprint density at radius 2 is 2.53 bits per heavy atom. The van der Waals surface area contributed by atoms with E-state index in [-0.39, 0.29) is 5.69 Å². The molecule has 0 N–H and O–H groups in total. The molecule has 0 spiro atoms. The van der Waals surface area contributed by atoms with Crippen molar-refractivity contribution < 1.29 is 14.3 Å². The molecule has 2 rings (SSSR count). The fourth-order valence-corrected chi connectivity index (χ4v) is 2.49. The number of carbonyl (C=O) groups is 1. The van der Waals surface area contributed by atoms with Crippen molar-refractivity contribution in [2.24, 2.45) is 0 Å². The first-order valence-electron chi connectivity index (χ1n) is 5.44. The van der Waals surface area contributed by atoms with Gasteiger partial charge in [-0.25, -0.2) is 9.78 Å². The van der Waals surface area contributed by atoms with Gasteiger partial charge in [-0.05, 0) is 12.8 Å². The van der Waals surface area contributed by atoms with Crippen molar-refractivity contribution >= 4 is 17.7 Å². The molecular weight excluding hydrogens is 240 g/mol. The molecule has 1 saturated heterocycles. The Balaban J connectivity index is 1.93. The minimum absolute atomic E-state index is 0.241. The maximum atomic E-state index is 11.3. The molecule has 5 nitrogen and oxygen atoms in total. The van der Waals surface area contributed by atoms with Crippen LogP contribution < -0.4 is 0 Å². The molecule has 6 heteroatoms. The van der Waals surface area contributed by atoms with Crippen LogP contribution in [-0.4, -0.2) is 41.5 Å². The Hall–Kier alpha value is -1.14. The standard InChI is InChI=1S/C11H14N2O3S/c1-15-11(14)9-5-12-6-10(13-9)17-7-8-3-2-4-16-8/h5-6,8H,2-4,7H2,1H3. The Labute approximate surface area is 104 Å². The highest BCUT2D eigenvalue weighted by Crippen LogP contribution is 2.21. The van der Waals surface area contributed by atoms with E-state index in [1.807, 2.05) is 0 Å². The molecule has 0 amide bonds. The first-order valence-corrected chi connectivity index (χ1v) is 6.43. The molecule has 1 aliphatic rings. The van der Waals surface area contributed by atoms with Crippen LogP contribution in [0.3, 0.4) is 0 Å². The van der Waals surface area contributed by atoms with Crippen LogP contribution in [0.2, 0.25) is 0 Å². The van der Waals surface area contributed by atoms with Gasteiger partial charge in [0.25, 0.3) is 0 Å². The number of esters is 1. The summed E-state index contributed by atoms with van der Waals surface area (Å²) in [5, 5.41) is 0.725. The smallest absolute Gasteiger partial charge is 0.358 e. The minimum atomic E-state index is -0.461. The third kappa shape index (κ3) is 3.41. The van der Waals surface area contributed by atoms with E-state index in [0.29, 0.717) is 6.10 Å². The summed E-state index contributed by atoms with van der Waals surface area (Å²) in [7, 11) is 1.33. The van der Waals surface area contributed by atoms with Crippen molar-refractivity contribution in [1.29, 1.82) is 0 Å². The van der Waals surface area contributed by atoms with Gasteiger partial charge in [-0.15, -0.1) is 11.8 Å². The minimum Gasteiger partial charge on any atom is -0.464 e. The fraction of sp³-hybridized carbons (Fsp3) is 0.545. The van der Waals surface area contributed by atoms with Gasteiger partial charge in [-0.2, -0.15) is 0 Å². The largest absolute Gasteiger partial charge is 0.464 e. The lowest BCUT2D eigenvalue weighted by atomic mass is 10.3. The molecular formula is C11H14N2O3S. The number of rotatable bonds is 4. The van der Waals surface area contributed by atoms with E-state index in [2.05, 4.69) is 14.7 Å². The van der Waals surface area contributed by atoms with Gasteiger partial charge in [-0.3, -0.25) is 4.98 Å². The molecule has 0 radical (unpaired) electrons. The molecule has 1 atom stereocenters. The molecule has 0 aromatic carbocycles. The molecule has 0 saturated carbocycles. The van der Waals surface area contributed by atoms with Crippen LogP contribution in [0.1, 0.15) is 23.3 Å². The molecule has 0 bridgehead atoms. The van der Waals surface area contributed by atoms with E-state index < -0.39 is 5.97 Å². The molecule has 0 aliphatic carbocycles. The molecule has 1 unspecified atom stereocenters. The summed E-state index contributed by atoms with van der Waals surface area (Å²) in [4.78, 5) is 19.4. The number of methoxy groups -OCH3 is 1. The van der Waals surface area contributed by atoms with Gasteiger partial charge in [0.15, 0.2) is 5.69 Å². The summed E-state index contributed by atoms with van der Waals surface area (Å²) >= 11 is 1.55. The van der Waals surface area contributed by atoms with Gasteiger partial charge in [0, 0.05) is 12.4 Å². The van der Waals surface area contributed by atoms with Crippen molar-refractivity contribution in [2.75, 3.05) is 19.5 Å². The van der Waals surface area contributed by atoms with Crippen molar-refractivity contribution in [3.8, 4) is 0 Å².